The Morgan fingerprint density at radius 3 is 2.05 bits per heavy atom. The lowest BCUT2D eigenvalue weighted by Crippen LogP contribution is -2.05. The molecule has 0 spiro atoms. The fourth-order valence-corrected chi connectivity index (χ4v) is 2.27. The summed E-state index contributed by atoms with van der Waals surface area (Å²) >= 11 is 0. The first-order valence-electron chi connectivity index (χ1n) is 6.50. The third kappa shape index (κ3) is 3.31. The Morgan fingerprint density at radius 2 is 1.52 bits per heavy atom. The Labute approximate surface area is 122 Å². The molecule has 0 aromatic heterocycles. The van der Waals surface area contributed by atoms with E-state index in [1.807, 2.05) is 6.07 Å². The molecule has 0 amide bonds. The molecule has 0 heterocycles. The molecule has 2 aromatic rings. The summed E-state index contributed by atoms with van der Waals surface area (Å²) in [4.78, 5) is 0. The minimum absolute atomic E-state index is 0.431. The topological polar surface area (TPSA) is 44.5 Å². The summed E-state index contributed by atoms with van der Waals surface area (Å²) in [6.07, 6.45) is 0.575. The molecule has 0 saturated heterocycles. The first-order valence-corrected chi connectivity index (χ1v) is 6.50. The van der Waals surface area contributed by atoms with Gasteiger partial charge in [0.05, 0.1) is 14.2 Å². The fraction of sp³-hybridized carbons (Fsp3) is 0.250. The SMILES string of the molecule is COc1cc(-c2cc(F)cc(F)c2)cc(CCN)c1OC. The standard InChI is InChI=1S/C16H17F2NO2/c1-20-15-8-11(5-10(3-4-19)16(15)21-2)12-6-13(17)9-14(18)7-12/h5-9H,3-4,19H2,1-2H3. The lowest BCUT2D eigenvalue weighted by molar-refractivity contribution is 0.352. The van der Waals surface area contributed by atoms with Gasteiger partial charge in [0.15, 0.2) is 11.5 Å². The van der Waals surface area contributed by atoms with Gasteiger partial charge >= 0.3 is 0 Å². The molecule has 3 nitrogen and oxygen atoms in total. The third-order valence-electron chi connectivity index (χ3n) is 3.17. The molecule has 0 atom stereocenters. The lowest BCUT2D eigenvalue weighted by Gasteiger charge is -2.15. The largest absolute Gasteiger partial charge is 0.493 e. The molecular formula is C16H17F2NO2. The highest BCUT2D eigenvalue weighted by atomic mass is 19.1. The molecule has 2 aromatic carbocycles. The van der Waals surface area contributed by atoms with Gasteiger partial charge in [-0.15, -0.1) is 0 Å². The number of benzene rings is 2. The predicted molar refractivity (Wildman–Crippen MR) is 77.7 cm³/mol. The molecular weight excluding hydrogens is 276 g/mol. The molecule has 2 rings (SSSR count). The maximum Gasteiger partial charge on any atom is 0.163 e. The average Bonchev–Trinajstić information content (AvgIpc) is 2.45. The number of hydrogen-bond acceptors (Lipinski definition) is 3. The van der Waals surface area contributed by atoms with E-state index in [2.05, 4.69) is 0 Å². The van der Waals surface area contributed by atoms with Gasteiger partial charge in [0.2, 0.25) is 0 Å². The van der Waals surface area contributed by atoms with Crippen LogP contribution in [0.4, 0.5) is 8.78 Å². The molecule has 21 heavy (non-hydrogen) atoms. The zero-order chi connectivity index (χ0) is 15.4. The Morgan fingerprint density at radius 1 is 0.905 bits per heavy atom. The Kier molecular flexibility index (Phi) is 4.75. The van der Waals surface area contributed by atoms with Gasteiger partial charge in [-0.25, -0.2) is 8.78 Å². The van der Waals surface area contributed by atoms with E-state index in [1.54, 1.807) is 13.2 Å². The molecule has 0 bridgehead atoms. The number of hydrogen-bond donors (Lipinski definition) is 1. The van der Waals surface area contributed by atoms with Crippen LogP contribution in [0, 0.1) is 11.6 Å². The Balaban J connectivity index is 2.60. The molecule has 0 unspecified atom stereocenters. The van der Waals surface area contributed by atoms with Crippen molar-refractivity contribution >= 4 is 0 Å². The van der Waals surface area contributed by atoms with Crippen molar-refractivity contribution in [3.8, 4) is 22.6 Å². The van der Waals surface area contributed by atoms with Gasteiger partial charge in [0.25, 0.3) is 0 Å². The summed E-state index contributed by atoms with van der Waals surface area (Å²) in [6.45, 7) is 0.431. The smallest absolute Gasteiger partial charge is 0.163 e. The van der Waals surface area contributed by atoms with E-state index in [0.29, 0.717) is 35.6 Å². The molecule has 5 heteroatoms. The van der Waals surface area contributed by atoms with E-state index in [9.17, 15) is 8.78 Å². The molecule has 0 aliphatic heterocycles. The molecule has 0 saturated carbocycles. The zero-order valence-corrected chi connectivity index (χ0v) is 12.0. The summed E-state index contributed by atoms with van der Waals surface area (Å²) in [5, 5.41) is 0. The van der Waals surface area contributed by atoms with E-state index in [0.717, 1.165) is 11.6 Å². The fourth-order valence-electron chi connectivity index (χ4n) is 2.27. The third-order valence-corrected chi connectivity index (χ3v) is 3.17. The van der Waals surface area contributed by atoms with Crippen LogP contribution in [0.25, 0.3) is 11.1 Å². The van der Waals surface area contributed by atoms with Gasteiger partial charge in [-0.05, 0) is 53.9 Å². The van der Waals surface area contributed by atoms with Crippen LogP contribution in [-0.4, -0.2) is 20.8 Å². The number of nitrogens with two attached hydrogens (primary N) is 1. The first kappa shape index (κ1) is 15.3. The second kappa shape index (κ2) is 6.54. The summed E-state index contributed by atoms with van der Waals surface area (Å²) in [5.41, 5.74) is 7.51. The van der Waals surface area contributed by atoms with Crippen LogP contribution in [0.15, 0.2) is 30.3 Å². The van der Waals surface area contributed by atoms with Crippen molar-refractivity contribution in [2.75, 3.05) is 20.8 Å². The van der Waals surface area contributed by atoms with Gasteiger partial charge in [-0.1, -0.05) is 0 Å². The van der Waals surface area contributed by atoms with Crippen LogP contribution < -0.4 is 15.2 Å². The van der Waals surface area contributed by atoms with E-state index < -0.39 is 11.6 Å². The second-order valence-corrected chi connectivity index (χ2v) is 4.57. The monoisotopic (exact) mass is 293 g/mol. The maximum absolute atomic E-state index is 13.4. The van der Waals surface area contributed by atoms with Crippen molar-refractivity contribution < 1.29 is 18.3 Å². The minimum Gasteiger partial charge on any atom is -0.493 e. The number of rotatable bonds is 5. The molecule has 0 radical (unpaired) electrons. The Bertz CT molecular complexity index is 624. The number of methoxy groups -OCH3 is 2. The van der Waals surface area contributed by atoms with Crippen molar-refractivity contribution in [3.05, 3.63) is 47.5 Å². The van der Waals surface area contributed by atoms with E-state index in [1.165, 1.54) is 19.2 Å². The maximum atomic E-state index is 13.4. The zero-order valence-electron chi connectivity index (χ0n) is 12.0. The van der Waals surface area contributed by atoms with Gasteiger partial charge in [-0.2, -0.15) is 0 Å². The minimum atomic E-state index is -0.625. The summed E-state index contributed by atoms with van der Waals surface area (Å²) < 4.78 is 37.4. The van der Waals surface area contributed by atoms with Crippen LogP contribution >= 0.6 is 0 Å². The van der Waals surface area contributed by atoms with E-state index in [4.69, 9.17) is 15.2 Å². The van der Waals surface area contributed by atoms with Crippen LogP contribution in [0.1, 0.15) is 5.56 Å². The Hall–Kier alpha value is -2.14. The molecule has 0 aliphatic rings. The number of halogens is 2. The van der Waals surface area contributed by atoms with Crippen molar-refractivity contribution in [3.63, 3.8) is 0 Å². The van der Waals surface area contributed by atoms with Crippen LogP contribution in [0.3, 0.4) is 0 Å². The van der Waals surface area contributed by atoms with Crippen LogP contribution in [-0.2, 0) is 6.42 Å². The lowest BCUT2D eigenvalue weighted by atomic mass is 10.00. The summed E-state index contributed by atoms with van der Waals surface area (Å²) in [6, 6.07) is 6.88. The van der Waals surface area contributed by atoms with Gasteiger partial charge in [0.1, 0.15) is 11.6 Å². The van der Waals surface area contributed by atoms with E-state index in [-0.39, 0.29) is 0 Å². The first-order chi connectivity index (χ1) is 10.1. The predicted octanol–water partition coefficient (Wildman–Crippen LogP) is 3.15. The van der Waals surface area contributed by atoms with Crippen molar-refractivity contribution in [2.24, 2.45) is 5.73 Å². The van der Waals surface area contributed by atoms with Gasteiger partial charge in [0, 0.05) is 6.07 Å². The van der Waals surface area contributed by atoms with E-state index >= 15 is 0 Å². The summed E-state index contributed by atoms with van der Waals surface area (Å²) in [5.74, 6) is -0.160. The molecule has 2 N–H and O–H groups in total. The van der Waals surface area contributed by atoms with Gasteiger partial charge in [-0.3, -0.25) is 0 Å². The highest BCUT2D eigenvalue weighted by Crippen LogP contribution is 2.36. The molecule has 112 valence electrons. The quantitative estimate of drug-likeness (QED) is 0.921. The highest BCUT2D eigenvalue weighted by Gasteiger charge is 2.14. The number of ether oxygens (including phenoxy) is 2. The van der Waals surface area contributed by atoms with Crippen molar-refractivity contribution in [1.82, 2.24) is 0 Å². The molecule has 0 fully saturated rings. The normalized spacial score (nSPS) is 10.5. The average molecular weight is 293 g/mol. The second-order valence-electron chi connectivity index (χ2n) is 4.57. The van der Waals surface area contributed by atoms with Crippen molar-refractivity contribution in [1.29, 1.82) is 0 Å². The summed E-state index contributed by atoms with van der Waals surface area (Å²) in [7, 11) is 3.05. The van der Waals surface area contributed by atoms with Gasteiger partial charge < -0.3 is 15.2 Å². The van der Waals surface area contributed by atoms with Crippen molar-refractivity contribution in [2.45, 2.75) is 6.42 Å². The highest BCUT2D eigenvalue weighted by molar-refractivity contribution is 5.69. The molecule has 0 aliphatic carbocycles. The van der Waals surface area contributed by atoms with Crippen LogP contribution in [0.5, 0.6) is 11.5 Å². The van der Waals surface area contributed by atoms with Crippen LogP contribution in [0.2, 0.25) is 0 Å².